The molecule has 0 radical (unpaired) electrons. The van der Waals surface area contributed by atoms with Crippen LogP contribution in [0.25, 0.3) is 0 Å². The summed E-state index contributed by atoms with van der Waals surface area (Å²) in [5, 5.41) is 0. The Morgan fingerprint density at radius 1 is 1.20 bits per heavy atom. The average molecular weight is 284 g/mol. The standard InChI is InChI=1S/C15H32N4O/c1-17(2)6-7-18-8-10-19(11-9-18)15(12-16,13-20-3)14-4-5-14/h14H,4-13,16H2,1-3H3. The molecule has 0 amide bonds. The highest BCUT2D eigenvalue weighted by molar-refractivity contribution is 5.04. The minimum atomic E-state index is 0.0996. The van der Waals surface area contributed by atoms with Crippen LogP contribution < -0.4 is 5.73 Å². The molecule has 1 aliphatic heterocycles. The number of hydrogen-bond donors (Lipinski definition) is 1. The van der Waals surface area contributed by atoms with Crippen LogP contribution in [0.3, 0.4) is 0 Å². The van der Waals surface area contributed by atoms with Gasteiger partial charge in [0.1, 0.15) is 0 Å². The zero-order chi connectivity index (χ0) is 14.6. The molecule has 2 fully saturated rings. The molecular formula is C15H32N4O. The Morgan fingerprint density at radius 3 is 2.30 bits per heavy atom. The van der Waals surface area contributed by atoms with Crippen LogP contribution in [-0.4, -0.2) is 93.9 Å². The van der Waals surface area contributed by atoms with Gasteiger partial charge in [0.25, 0.3) is 0 Å². The lowest BCUT2D eigenvalue weighted by molar-refractivity contribution is -0.0272. The molecule has 1 saturated heterocycles. The first kappa shape index (κ1) is 16.2. The Kier molecular flexibility index (Phi) is 5.81. The smallest absolute Gasteiger partial charge is 0.0661 e. The largest absolute Gasteiger partial charge is 0.383 e. The second kappa shape index (κ2) is 7.18. The zero-order valence-electron chi connectivity index (χ0n) is 13.5. The maximum atomic E-state index is 6.16. The van der Waals surface area contributed by atoms with Crippen molar-refractivity contribution in [3.63, 3.8) is 0 Å². The van der Waals surface area contributed by atoms with E-state index < -0.39 is 0 Å². The third-order valence-electron chi connectivity index (χ3n) is 4.95. The second-order valence-corrected chi connectivity index (χ2v) is 6.65. The number of ether oxygens (including phenoxy) is 1. The van der Waals surface area contributed by atoms with Crippen LogP contribution in [0.4, 0.5) is 0 Å². The van der Waals surface area contributed by atoms with Gasteiger partial charge >= 0.3 is 0 Å². The van der Waals surface area contributed by atoms with Gasteiger partial charge in [0.05, 0.1) is 12.1 Å². The summed E-state index contributed by atoms with van der Waals surface area (Å²) in [6.45, 7) is 8.40. The Labute approximate surface area is 124 Å². The van der Waals surface area contributed by atoms with E-state index in [1.807, 2.05) is 0 Å². The molecule has 2 N–H and O–H groups in total. The molecule has 5 heteroatoms. The molecule has 1 heterocycles. The molecule has 20 heavy (non-hydrogen) atoms. The van der Waals surface area contributed by atoms with Gasteiger partial charge in [-0.2, -0.15) is 0 Å². The normalized spacial score (nSPS) is 25.1. The van der Waals surface area contributed by atoms with Crippen molar-refractivity contribution in [3.8, 4) is 0 Å². The number of rotatable bonds is 8. The van der Waals surface area contributed by atoms with Crippen LogP contribution in [0.15, 0.2) is 0 Å². The topological polar surface area (TPSA) is 45.0 Å². The number of likely N-dealkylation sites (N-methyl/N-ethyl adjacent to an activating group) is 1. The fraction of sp³-hybridized carbons (Fsp3) is 1.00. The predicted octanol–water partition coefficient (Wildman–Crippen LogP) is -0.0805. The van der Waals surface area contributed by atoms with Gasteiger partial charge in [-0.1, -0.05) is 0 Å². The maximum absolute atomic E-state index is 6.16. The highest BCUT2D eigenvalue weighted by Crippen LogP contribution is 2.43. The van der Waals surface area contributed by atoms with Gasteiger partial charge < -0.3 is 15.4 Å². The summed E-state index contributed by atoms with van der Waals surface area (Å²) in [5.74, 6) is 0.751. The molecule has 0 aromatic heterocycles. The van der Waals surface area contributed by atoms with Crippen molar-refractivity contribution in [2.75, 3.05) is 73.6 Å². The quantitative estimate of drug-likeness (QED) is 0.675. The predicted molar refractivity (Wildman–Crippen MR) is 83.0 cm³/mol. The fourth-order valence-corrected chi connectivity index (χ4v) is 3.45. The van der Waals surface area contributed by atoms with E-state index in [9.17, 15) is 0 Å². The van der Waals surface area contributed by atoms with E-state index >= 15 is 0 Å². The van der Waals surface area contributed by atoms with Crippen molar-refractivity contribution in [3.05, 3.63) is 0 Å². The van der Waals surface area contributed by atoms with E-state index in [2.05, 4.69) is 28.8 Å². The fourth-order valence-electron chi connectivity index (χ4n) is 3.45. The molecule has 0 spiro atoms. The number of nitrogens with two attached hydrogens (primary N) is 1. The Balaban J connectivity index is 1.87. The Hall–Kier alpha value is -0.200. The maximum Gasteiger partial charge on any atom is 0.0661 e. The number of piperazine rings is 1. The van der Waals surface area contributed by atoms with Crippen LogP contribution in [-0.2, 0) is 4.74 Å². The van der Waals surface area contributed by atoms with E-state index in [0.29, 0.717) is 0 Å². The molecule has 2 aliphatic rings. The highest BCUT2D eigenvalue weighted by Gasteiger charge is 2.48. The van der Waals surface area contributed by atoms with Crippen LogP contribution in [0, 0.1) is 5.92 Å². The van der Waals surface area contributed by atoms with Gasteiger partial charge in [-0.05, 0) is 32.9 Å². The van der Waals surface area contributed by atoms with Crippen molar-refractivity contribution in [1.82, 2.24) is 14.7 Å². The SMILES string of the molecule is COCC(CN)(C1CC1)N1CCN(CCN(C)C)CC1. The minimum Gasteiger partial charge on any atom is -0.383 e. The first-order chi connectivity index (χ1) is 9.62. The van der Waals surface area contributed by atoms with Gasteiger partial charge in [0.15, 0.2) is 0 Å². The minimum absolute atomic E-state index is 0.0996. The Bertz CT molecular complexity index is 288. The second-order valence-electron chi connectivity index (χ2n) is 6.65. The molecule has 1 unspecified atom stereocenters. The van der Waals surface area contributed by atoms with E-state index in [0.717, 1.165) is 51.8 Å². The lowest BCUT2D eigenvalue weighted by Crippen LogP contribution is -2.63. The summed E-state index contributed by atoms with van der Waals surface area (Å²) >= 11 is 0. The van der Waals surface area contributed by atoms with E-state index in [1.165, 1.54) is 19.4 Å². The molecule has 118 valence electrons. The third kappa shape index (κ3) is 3.71. The summed E-state index contributed by atoms with van der Waals surface area (Å²) in [4.78, 5) is 7.43. The highest BCUT2D eigenvalue weighted by atomic mass is 16.5. The van der Waals surface area contributed by atoms with E-state index in [-0.39, 0.29) is 5.54 Å². The van der Waals surface area contributed by atoms with Crippen molar-refractivity contribution in [1.29, 1.82) is 0 Å². The van der Waals surface area contributed by atoms with Gasteiger partial charge in [-0.25, -0.2) is 0 Å². The van der Waals surface area contributed by atoms with Crippen LogP contribution in [0.2, 0.25) is 0 Å². The summed E-state index contributed by atoms with van der Waals surface area (Å²) in [7, 11) is 6.09. The lowest BCUT2D eigenvalue weighted by Gasteiger charge is -2.47. The number of methoxy groups -OCH3 is 1. The van der Waals surface area contributed by atoms with Gasteiger partial charge in [0, 0.05) is 52.9 Å². The average Bonchev–Trinajstić information content (AvgIpc) is 3.28. The summed E-state index contributed by atoms with van der Waals surface area (Å²) < 4.78 is 5.52. The van der Waals surface area contributed by atoms with E-state index in [4.69, 9.17) is 10.5 Å². The summed E-state index contributed by atoms with van der Waals surface area (Å²) in [6, 6.07) is 0. The molecule has 1 aliphatic carbocycles. The molecule has 0 aromatic rings. The third-order valence-corrected chi connectivity index (χ3v) is 4.95. The molecule has 1 saturated carbocycles. The summed E-state index contributed by atoms with van der Waals surface area (Å²) in [6.07, 6.45) is 2.64. The first-order valence-electron chi connectivity index (χ1n) is 7.93. The molecule has 0 bridgehead atoms. The van der Waals surface area contributed by atoms with Gasteiger partial charge in [-0.15, -0.1) is 0 Å². The Morgan fingerprint density at radius 2 is 1.85 bits per heavy atom. The molecule has 1 atom stereocenters. The molecule has 5 nitrogen and oxygen atoms in total. The molecule has 0 aromatic carbocycles. The molecule has 2 rings (SSSR count). The van der Waals surface area contributed by atoms with Gasteiger partial charge in [0.2, 0.25) is 0 Å². The van der Waals surface area contributed by atoms with Crippen molar-refractivity contribution in [2.45, 2.75) is 18.4 Å². The zero-order valence-corrected chi connectivity index (χ0v) is 13.5. The van der Waals surface area contributed by atoms with Crippen LogP contribution in [0.5, 0.6) is 0 Å². The van der Waals surface area contributed by atoms with Crippen LogP contribution in [0.1, 0.15) is 12.8 Å². The number of hydrogen-bond acceptors (Lipinski definition) is 5. The van der Waals surface area contributed by atoms with Gasteiger partial charge in [-0.3, -0.25) is 9.80 Å². The monoisotopic (exact) mass is 284 g/mol. The van der Waals surface area contributed by atoms with E-state index in [1.54, 1.807) is 7.11 Å². The molecular weight excluding hydrogens is 252 g/mol. The first-order valence-corrected chi connectivity index (χ1v) is 7.93. The van der Waals surface area contributed by atoms with Crippen LogP contribution >= 0.6 is 0 Å². The van der Waals surface area contributed by atoms with Crippen molar-refractivity contribution in [2.24, 2.45) is 11.7 Å². The lowest BCUT2D eigenvalue weighted by atomic mass is 9.91. The van der Waals surface area contributed by atoms with Crippen molar-refractivity contribution < 1.29 is 4.74 Å². The number of nitrogens with zero attached hydrogens (tertiary/aromatic N) is 3. The van der Waals surface area contributed by atoms with Crippen molar-refractivity contribution >= 4 is 0 Å². The summed E-state index contributed by atoms with van der Waals surface area (Å²) in [5.41, 5.74) is 6.26.